The normalized spacial score (nSPS) is 16.7. The minimum atomic E-state index is -0.0710. The third-order valence-electron chi connectivity index (χ3n) is 6.93. The maximum Gasteiger partial charge on any atom is 0.241 e. The third-order valence-corrected chi connectivity index (χ3v) is 6.93. The second-order valence-electron chi connectivity index (χ2n) is 9.32. The molecule has 37 heavy (non-hydrogen) atoms. The number of rotatable bonds is 8. The van der Waals surface area contributed by atoms with Crippen molar-refractivity contribution in [2.45, 2.75) is 32.2 Å². The second kappa shape index (κ2) is 11.0. The van der Waals surface area contributed by atoms with Crippen LogP contribution < -0.4 is 19.7 Å². The number of nitrogens with one attached hydrogen (secondary N) is 1. The van der Waals surface area contributed by atoms with E-state index >= 15 is 0 Å². The summed E-state index contributed by atoms with van der Waals surface area (Å²) in [6.45, 7) is 2.77. The van der Waals surface area contributed by atoms with E-state index in [0.717, 1.165) is 55.8 Å². The summed E-state index contributed by atoms with van der Waals surface area (Å²) in [5.41, 5.74) is 2.33. The van der Waals surface area contributed by atoms with Crippen molar-refractivity contribution in [2.24, 2.45) is 5.92 Å². The lowest BCUT2D eigenvalue weighted by molar-refractivity contribution is -0.121. The van der Waals surface area contributed by atoms with Crippen molar-refractivity contribution in [1.82, 2.24) is 15.0 Å². The molecule has 0 spiro atoms. The summed E-state index contributed by atoms with van der Waals surface area (Å²) in [7, 11) is 3.17. The largest absolute Gasteiger partial charge is 0.493 e. The predicted molar refractivity (Wildman–Crippen MR) is 137 cm³/mol. The molecule has 10 nitrogen and oxygen atoms in total. The molecular formula is C27H31N5O5. The zero-order valence-electron chi connectivity index (χ0n) is 21.1. The number of aromatic nitrogens is 2. The van der Waals surface area contributed by atoms with Gasteiger partial charge >= 0.3 is 0 Å². The fourth-order valence-corrected chi connectivity index (χ4v) is 4.87. The molecule has 0 saturated carbocycles. The van der Waals surface area contributed by atoms with E-state index in [2.05, 4.69) is 20.4 Å². The van der Waals surface area contributed by atoms with Crippen molar-refractivity contribution < 1.29 is 23.6 Å². The van der Waals surface area contributed by atoms with E-state index in [0.29, 0.717) is 36.2 Å². The smallest absolute Gasteiger partial charge is 0.241 e. The lowest BCUT2D eigenvalue weighted by atomic mass is 9.96. The van der Waals surface area contributed by atoms with Gasteiger partial charge in [-0.2, -0.15) is 4.98 Å². The lowest BCUT2D eigenvalue weighted by Crippen LogP contribution is -2.37. The van der Waals surface area contributed by atoms with E-state index < -0.39 is 0 Å². The Hall–Kier alpha value is -3.92. The van der Waals surface area contributed by atoms with Crippen LogP contribution in [0.4, 0.5) is 11.4 Å². The van der Waals surface area contributed by atoms with Gasteiger partial charge in [-0.05, 0) is 68.8 Å². The number of benzene rings is 2. The molecule has 0 radical (unpaired) electrons. The van der Waals surface area contributed by atoms with Gasteiger partial charge in [0.2, 0.25) is 23.5 Å². The Labute approximate surface area is 215 Å². The molecule has 2 aliphatic heterocycles. The number of anilines is 2. The summed E-state index contributed by atoms with van der Waals surface area (Å²) in [6, 6.07) is 13.0. The summed E-state index contributed by atoms with van der Waals surface area (Å²) in [5, 5.41) is 7.15. The number of piperidine rings is 1. The van der Waals surface area contributed by atoms with Crippen LogP contribution in [0.5, 0.6) is 11.5 Å². The fraction of sp³-hybridized carbons (Fsp3) is 0.407. The molecule has 2 aliphatic rings. The van der Waals surface area contributed by atoms with E-state index in [4.69, 9.17) is 14.0 Å². The molecule has 0 bridgehead atoms. The molecule has 0 aliphatic carbocycles. The SMILES string of the molecule is COc1ccc(-c2noc(CN3CCC(C(=O)Nc4cccc(N5CCCC5=O)c4)CC3)n2)cc1OC. The average molecular weight is 506 g/mol. The molecule has 1 aromatic heterocycles. The van der Waals surface area contributed by atoms with Gasteiger partial charge in [0.1, 0.15) is 0 Å². The monoisotopic (exact) mass is 505 g/mol. The minimum absolute atomic E-state index is 0.0121. The highest BCUT2D eigenvalue weighted by Crippen LogP contribution is 2.31. The number of methoxy groups -OCH3 is 2. The van der Waals surface area contributed by atoms with Gasteiger partial charge in [-0.3, -0.25) is 14.5 Å². The standard InChI is InChI=1S/C27H31N5O5/c1-35-22-9-8-19(15-23(22)36-2)26-29-24(37-30-26)17-31-13-10-18(11-14-31)27(34)28-20-5-3-6-21(16-20)32-12-4-7-25(32)33/h3,5-6,8-9,15-16,18H,4,7,10-14,17H2,1-2H3,(H,28,34). The van der Waals surface area contributed by atoms with Crippen LogP contribution in [-0.2, 0) is 16.1 Å². The van der Waals surface area contributed by atoms with Crippen LogP contribution in [0.1, 0.15) is 31.6 Å². The Morgan fingerprint density at radius 2 is 1.89 bits per heavy atom. The third kappa shape index (κ3) is 5.59. The molecule has 3 aromatic rings. The van der Waals surface area contributed by atoms with Crippen LogP contribution in [0.25, 0.3) is 11.4 Å². The summed E-state index contributed by atoms with van der Waals surface area (Å²) in [4.78, 5) is 33.5. The van der Waals surface area contributed by atoms with Crippen LogP contribution in [0.15, 0.2) is 47.0 Å². The first-order chi connectivity index (χ1) is 18.0. The Morgan fingerprint density at radius 1 is 1.08 bits per heavy atom. The van der Waals surface area contributed by atoms with E-state index in [1.165, 1.54) is 0 Å². The van der Waals surface area contributed by atoms with Crippen LogP contribution in [0.2, 0.25) is 0 Å². The molecule has 2 aromatic carbocycles. The van der Waals surface area contributed by atoms with Crippen molar-refractivity contribution in [1.29, 1.82) is 0 Å². The summed E-state index contributed by atoms with van der Waals surface area (Å²) < 4.78 is 16.1. The predicted octanol–water partition coefficient (Wildman–Crippen LogP) is 3.73. The first-order valence-corrected chi connectivity index (χ1v) is 12.5. The number of likely N-dealkylation sites (tertiary alicyclic amines) is 1. The first-order valence-electron chi connectivity index (χ1n) is 12.5. The number of ether oxygens (including phenoxy) is 2. The van der Waals surface area contributed by atoms with E-state index in [-0.39, 0.29) is 17.7 Å². The summed E-state index contributed by atoms with van der Waals surface area (Å²) in [6.07, 6.45) is 2.94. The van der Waals surface area contributed by atoms with Crippen molar-refractivity contribution in [3.63, 3.8) is 0 Å². The Bertz CT molecular complexity index is 1270. The number of carbonyl (C=O) groups is 2. The molecule has 2 fully saturated rings. The molecule has 3 heterocycles. The molecule has 2 amide bonds. The quantitative estimate of drug-likeness (QED) is 0.493. The van der Waals surface area contributed by atoms with Crippen molar-refractivity contribution in [3.05, 3.63) is 48.4 Å². The van der Waals surface area contributed by atoms with Gasteiger partial charge in [0, 0.05) is 35.8 Å². The van der Waals surface area contributed by atoms with Gasteiger partial charge in [0.05, 0.1) is 20.8 Å². The maximum atomic E-state index is 12.9. The zero-order valence-corrected chi connectivity index (χ0v) is 21.1. The molecule has 5 rings (SSSR count). The minimum Gasteiger partial charge on any atom is -0.493 e. The van der Waals surface area contributed by atoms with Crippen molar-refractivity contribution in [2.75, 3.05) is 44.1 Å². The van der Waals surface area contributed by atoms with Crippen LogP contribution in [0, 0.1) is 5.92 Å². The number of hydrogen-bond acceptors (Lipinski definition) is 8. The highest BCUT2D eigenvalue weighted by molar-refractivity contribution is 5.97. The number of nitrogens with zero attached hydrogens (tertiary/aromatic N) is 4. The zero-order chi connectivity index (χ0) is 25.8. The molecule has 0 atom stereocenters. The van der Waals surface area contributed by atoms with Crippen molar-refractivity contribution in [3.8, 4) is 22.9 Å². The van der Waals surface area contributed by atoms with Crippen LogP contribution >= 0.6 is 0 Å². The maximum absolute atomic E-state index is 12.9. The molecule has 1 N–H and O–H groups in total. The Kier molecular flexibility index (Phi) is 7.36. The fourth-order valence-electron chi connectivity index (χ4n) is 4.87. The van der Waals surface area contributed by atoms with Gasteiger partial charge in [0.25, 0.3) is 0 Å². The number of amides is 2. The molecule has 0 unspecified atom stereocenters. The molecule has 10 heteroatoms. The highest BCUT2D eigenvalue weighted by Gasteiger charge is 2.27. The molecule has 194 valence electrons. The van der Waals surface area contributed by atoms with E-state index in [1.807, 2.05) is 42.5 Å². The van der Waals surface area contributed by atoms with E-state index in [1.54, 1.807) is 19.1 Å². The average Bonchev–Trinajstić information content (AvgIpc) is 3.57. The Morgan fingerprint density at radius 3 is 2.62 bits per heavy atom. The summed E-state index contributed by atoms with van der Waals surface area (Å²) in [5.74, 6) is 2.33. The van der Waals surface area contributed by atoms with E-state index in [9.17, 15) is 9.59 Å². The topological polar surface area (TPSA) is 110 Å². The molecular weight excluding hydrogens is 474 g/mol. The number of carbonyl (C=O) groups excluding carboxylic acids is 2. The van der Waals surface area contributed by atoms with Crippen molar-refractivity contribution >= 4 is 23.2 Å². The lowest BCUT2D eigenvalue weighted by Gasteiger charge is -2.30. The molecule has 2 saturated heterocycles. The first kappa shape index (κ1) is 24.8. The highest BCUT2D eigenvalue weighted by atomic mass is 16.5. The van der Waals surface area contributed by atoms with Gasteiger partial charge < -0.3 is 24.2 Å². The van der Waals surface area contributed by atoms with Crippen LogP contribution in [0.3, 0.4) is 0 Å². The number of hydrogen-bond donors (Lipinski definition) is 1. The van der Waals surface area contributed by atoms with Gasteiger partial charge in [0.15, 0.2) is 11.5 Å². The van der Waals surface area contributed by atoms with Gasteiger partial charge in [-0.25, -0.2) is 0 Å². The second-order valence-corrected chi connectivity index (χ2v) is 9.32. The Balaban J connectivity index is 1.13. The summed E-state index contributed by atoms with van der Waals surface area (Å²) >= 11 is 0. The van der Waals surface area contributed by atoms with Gasteiger partial charge in [-0.1, -0.05) is 11.2 Å². The van der Waals surface area contributed by atoms with Gasteiger partial charge in [-0.15, -0.1) is 0 Å². The van der Waals surface area contributed by atoms with Crippen LogP contribution in [-0.4, -0.2) is 60.7 Å².